The summed E-state index contributed by atoms with van der Waals surface area (Å²) in [5.74, 6) is 0. The topological polar surface area (TPSA) is 66.6 Å². The van der Waals surface area contributed by atoms with Crippen LogP contribution in [-0.2, 0) is 16.6 Å². The van der Waals surface area contributed by atoms with Crippen molar-refractivity contribution < 1.29 is 8.42 Å². The molecule has 1 aromatic rings. The number of hydrogen-bond acceptors (Lipinski definition) is 5. The Kier molecular flexibility index (Phi) is 5.74. The minimum absolute atomic E-state index is 0.371. The molecule has 7 heteroatoms. The lowest BCUT2D eigenvalue weighted by Crippen LogP contribution is -2.29. The summed E-state index contributed by atoms with van der Waals surface area (Å²) in [6.45, 7) is 1.78. The fourth-order valence-electron chi connectivity index (χ4n) is 1.49. The molecule has 0 radical (unpaired) electrons. The number of thiophene rings is 1. The Hall–Kier alpha value is -0.470. The van der Waals surface area contributed by atoms with Gasteiger partial charge in [-0.3, -0.25) is 0 Å². The van der Waals surface area contributed by atoms with E-state index in [1.54, 1.807) is 19.2 Å². The molecular weight excluding hydrogens is 270 g/mol. The molecule has 0 aliphatic rings. The highest BCUT2D eigenvalue weighted by atomic mass is 32.2. The largest absolute Gasteiger partial charge is 0.326 e. The number of nitrogens with zero attached hydrogens (tertiary/aromatic N) is 2. The monoisotopic (exact) mass is 291 g/mol. The summed E-state index contributed by atoms with van der Waals surface area (Å²) < 4.78 is 26.2. The molecular formula is C11H21N3O2S2. The van der Waals surface area contributed by atoms with Gasteiger partial charge in [-0.05, 0) is 39.2 Å². The van der Waals surface area contributed by atoms with E-state index < -0.39 is 10.0 Å². The average Bonchev–Trinajstić information content (AvgIpc) is 2.77. The predicted molar refractivity (Wildman–Crippen MR) is 75.2 cm³/mol. The lowest BCUT2D eigenvalue weighted by Gasteiger charge is -2.17. The SMILES string of the molecule is CN(C)CCCN(C)S(=O)(=O)c1ccc(CN)s1. The first-order chi connectivity index (χ1) is 8.37. The van der Waals surface area contributed by atoms with Crippen LogP contribution in [0.15, 0.2) is 16.3 Å². The molecule has 104 valence electrons. The van der Waals surface area contributed by atoms with Crippen LogP contribution in [0.2, 0.25) is 0 Å². The van der Waals surface area contributed by atoms with Crippen molar-refractivity contribution >= 4 is 21.4 Å². The molecule has 0 aliphatic heterocycles. The summed E-state index contributed by atoms with van der Waals surface area (Å²) in [4.78, 5) is 2.92. The van der Waals surface area contributed by atoms with Crippen LogP contribution in [0.25, 0.3) is 0 Å². The molecule has 1 rings (SSSR count). The van der Waals surface area contributed by atoms with Crippen molar-refractivity contribution in [1.29, 1.82) is 0 Å². The molecule has 2 N–H and O–H groups in total. The zero-order valence-corrected chi connectivity index (χ0v) is 12.7. The highest BCUT2D eigenvalue weighted by molar-refractivity contribution is 7.91. The summed E-state index contributed by atoms with van der Waals surface area (Å²) in [6, 6.07) is 3.40. The van der Waals surface area contributed by atoms with E-state index in [0.717, 1.165) is 17.8 Å². The third-order valence-corrected chi connectivity index (χ3v) is 6.01. The van der Waals surface area contributed by atoms with Gasteiger partial charge in [-0.25, -0.2) is 12.7 Å². The van der Waals surface area contributed by atoms with Crippen LogP contribution in [-0.4, -0.2) is 51.9 Å². The van der Waals surface area contributed by atoms with Crippen LogP contribution in [0.4, 0.5) is 0 Å². The Balaban J connectivity index is 2.67. The first-order valence-corrected chi connectivity index (χ1v) is 8.03. The molecule has 1 heterocycles. The maximum atomic E-state index is 12.2. The molecule has 5 nitrogen and oxygen atoms in total. The summed E-state index contributed by atoms with van der Waals surface area (Å²) >= 11 is 1.24. The molecule has 0 spiro atoms. The maximum Gasteiger partial charge on any atom is 0.252 e. The van der Waals surface area contributed by atoms with Crippen molar-refractivity contribution in [3.8, 4) is 0 Å². The van der Waals surface area contributed by atoms with Gasteiger partial charge in [0.2, 0.25) is 0 Å². The molecule has 1 aromatic heterocycles. The minimum atomic E-state index is -3.35. The van der Waals surface area contributed by atoms with Crippen molar-refractivity contribution in [1.82, 2.24) is 9.21 Å². The first kappa shape index (κ1) is 15.6. The lowest BCUT2D eigenvalue weighted by molar-refractivity contribution is 0.370. The van der Waals surface area contributed by atoms with Gasteiger partial charge >= 0.3 is 0 Å². The van der Waals surface area contributed by atoms with E-state index in [2.05, 4.69) is 0 Å². The lowest BCUT2D eigenvalue weighted by atomic mass is 10.4. The second-order valence-corrected chi connectivity index (χ2v) is 7.85. The van der Waals surface area contributed by atoms with Gasteiger partial charge in [0, 0.05) is 25.0 Å². The Bertz CT molecular complexity index is 468. The number of nitrogens with two attached hydrogens (primary N) is 1. The highest BCUT2D eigenvalue weighted by Gasteiger charge is 2.22. The third kappa shape index (κ3) is 4.03. The molecule has 0 amide bonds. The van der Waals surface area contributed by atoms with Crippen molar-refractivity contribution in [3.05, 3.63) is 17.0 Å². The molecule has 0 saturated heterocycles. The van der Waals surface area contributed by atoms with Gasteiger partial charge in [-0.1, -0.05) is 0 Å². The summed E-state index contributed by atoms with van der Waals surface area (Å²) in [7, 11) is 2.22. The van der Waals surface area contributed by atoms with Gasteiger partial charge < -0.3 is 10.6 Å². The van der Waals surface area contributed by atoms with Crippen LogP contribution in [0, 0.1) is 0 Å². The normalized spacial score (nSPS) is 12.6. The van der Waals surface area contributed by atoms with Crippen molar-refractivity contribution in [2.45, 2.75) is 17.2 Å². The number of rotatable bonds is 7. The molecule has 0 unspecified atom stereocenters. The smallest absolute Gasteiger partial charge is 0.252 e. The van der Waals surface area contributed by atoms with E-state index in [1.807, 2.05) is 19.0 Å². The standard InChI is InChI=1S/C11H21N3O2S2/c1-13(2)7-4-8-14(3)18(15,16)11-6-5-10(9-12)17-11/h5-6H,4,7-9,12H2,1-3H3. The van der Waals surface area contributed by atoms with Crippen molar-refractivity contribution in [2.24, 2.45) is 5.73 Å². The Morgan fingerprint density at radius 3 is 2.39 bits per heavy atom. The number of hydrogen-bond donors (Lipinski definition) is 1. The maximum absolute atomic E-state index is 12.2. The van der Waals surface area contributed by atoms with E-state index in [9.17, 15) is 8.42 Å². The molecule has 0 fully saturated rings. The molecule has 0 aliphatic carbocycles. The Labute approximate surface area is 113 Å². The summed E-state index contributed by atoms with van der Waals surface area (Å²) in [6.07, 6.45) is 0.817. The predicted octanol–water partition coefficient (Wildman–Crippen LogP) is 0.779. The van der Waals surface area contributed by atoms with E-state index in [0.29, 0.717) is 17.3 Å². The molecule has 0 atom stereocenters. The van der Waals surface area contributed by atoms with Gasteiger partial charge in [0.05, 0.1) is 0 Å². The fraction of sp³-hybridized carbons (Fsp3) is 0.636. The Morgan fingerprint density at radius 2 is 1.89 bits per heavy atom. The fourth-order valence-corrected chi connectivity index (χ4v) is 4.14. The van der Waals surface area contributed by atoms with E-state index in [1.165, 1.54) is 15.6 Å². The van der Waals surface area contributed by atoms with Crippen LogP contribution in [0.3, 0.4) is 0 Å². The molecule has 18 heavy (non-hydrogen) atoms. The average molecular weight is 291 g/mol. The van der Waals surface area contributed by atoms with Crippen LogP contribution in [0.5, 0.6) is 0 Å². The van der Waals surface area contributed by atoms with Crippen molar-refractivity contribution in [2.75, 3.05) is 34.2 Å². The van der Waals surface area contributed by atoms with E-state index in [-0.39, 0.29) is 0 Å². The third-order valence-electron chi connectivity index (χ3n) is 2.58. The number of sulfonamides is 1. The van der Waals surface area contributed by atoms with Gasteiger partial charge in [0.15, 0.2) is 0 Å². The Morgan fingerprint density at radius 1 is 1.22 bits per heavy atom. The van der Waals surface area contributed by atoms with E-state index in [4.69, 9.17) is 5.73 Å². The molecule has 0 saturated carbocycles. The van der Waals surface area contributed by atoms with Crippen LogP contribution >= 0.6 is 11.3 Å². The second kappa shape index (κ2) is 6.63. The summed E-state index contributed by atoms with van der Waals surface area (Å²) in [5, 5.41) is 0. The zero-order valence-electron chi connectivity index (χ0n) is 11.1. The van der Waals surface area contributed by atoms with Gasteiger partial charge in [0.25, 0.3) is 10.0 Å². The van der Waals surface area contributed by atoms with Gasteiger partial charge in [-0.2, -0.15) is 0 Å². The quantitative estimate of drug-likeness (QED) is 0.806. The van der Waals surface area contributed by atoms with Gasteiger partial charge in [-0.15, -0.1) is 11.3 Å². The first-order valence-electron chi connectivity index (χ1n) is 5.77. The highest BCUT2D eigenvalue weighted by Crippen LogP contribution is 2.23. The second-order valence-electron chi connectivity index (χ2n) is 4.41. The zero-order chi connectivity index (χ0) is 13.8. The van der Waals surface area contributed by atoms with E-state index >= 15 is 0 Å². The minimum Gasteiger partial charge on any atom is -0.326 e. The molecule has 0 aromatic carbocycles. The van der Waals surface area contributed by atoms with Gasteiger partial charge in [0.1, 0.15) is 4.21 Å². The van der Waals surface area contributed by atoms with Crippen molar-refractivity contribution in [3.63, 3.8) is 0 Å². The molecule has 0 bridgehead atoms. The van der Waals surface area contributed by atoms with Crippen LogP contribution in [0.1, 0.15) is 11.3 Å². The van der Waals surface area contributed by atoms with Crippen LogP contribution < -0.4 is 5.73 Å². The summed E-state index contributed by atoms with van der Waals surface area (Å²) in [5.41, 5.74) is 5.49.